The third-order valence-electron chi connectivity index (χ3n) is 2.49. The average Bonchev–Trinajstić information content (AvgIpc) is 2.79. The molecule has 0 spiro atoms. The summed E-state index contributed by atoms with van der Waals surface area (Å²) in [5.74, 6) is 0.0164. The number of aromatic nitrogens is 1. The van der Waals surface area contributed by atoms with Gasteiger partial charge in [-0.05, 0) is 25.1 Å². The molecule has 4 nitrogen and oxygen atoms in total. The number of carbonyl (C=O) groups excluding carboxylic acids is 1. The molecule has 2 aromatic rings. The molecule has 5 heteroatoms. The highest BCUT2D eigenvalue weighted by Crippen LogP contribution is 2.21. The van der Waals surface area contributed by atoms with Crippen molar-refractivity contribution in [3.05, 3.63) is 29.3 Å². The normalized spacial score (nSPS) is 10.7. The van der Waals surface area contributed by atoms with Crippen molar-refractivity contribution < 1.29 is 4.79 Å². The first kappa shape index (κ1) is 13.0. The molecule has 0 saturated heterocycles. The third-order valence-corrected chi connectivity index (χ3v) is 3.52. The Morgan fingerprint density at radius 2 is 2.22 bits per heavy atom. The minimum atomic E-state index is 0.0164. The number of nitrogens with zero attached hydrogens (tertiary/aromatic N) is 1. The number of para-hydroxylation sites is 1. The van der Waals surface area contributed by atoms with E-state index in [4.69, 9.17) is 0 Å². The predicted molar refractivity (Wildman–Crippen MR) is 74.6 cm³/mol. The summed E-state index contributed by atoms with van der Waals surface area (Å²) in [7, 11) is 0. The van der Waals surface area contributed by atoms with Crippen LogP contribution in [0.4, 0.5) is 0 Å². The van der Waals surface area contributed by atoms with Gasteiger partial charge in [0, 0.05) is 0 Å². The van der Waals surface area contributed by atoms with Gasteiger partial charge in [0.05, 0.1) is 23.3 Å². The number of rotatable bonds is 6. The molecule has 0 atom stereocenters. The van der Waals surface area contributed by atoms with Crippen LogP contribution >= 0.6 is 11.3 Å². The lowest BCUT2D eigenvalue weighted by atomic mass is 10.3. The van der Waals surface area contributed by atoms with Crippen molar-refractivity contribution in [3.63, 3.8) is 0 Å². The molecule has 2 N–H and O–H groups in total. The second kappa shape index (κ2) is 6.47. The first-order chi connectivity index (χ1) is 8.79. The number of thiazole rings is 1. The molecule has 2 rings (SSSR count). The van der Waals surface area contributed by atoms with Crippen molar-refractivity contribution in [1.29, 1.82) is 0 Å². The lowest BCUT2D eigenvalue weighted by Gasteiger charge is -2.03. The number of carbonyl (C=O) groups is 1. The molecule has 0 unspecified atom stereocenters. The molecule has 0 saturated carbocycles. The number of hydrogen-bond donors (Lipinski definition) is 2. The Hall–Kier alpha value is -1.46. The van der Waals surface area contributed by atoms with Crippen LogP contribution in [0, 0.1) is 0 Å². The van der Waals surface area contributed by atoms with Crippen molar-refractivity contribution in [3.8, 4) is 0 Å². The minimum Gasteiger partial charge on any atom is -0.348 e. The van der Waals surface area contributed by atoms with Crippen LogP contribution in [0.2, 0.25) is 0 Å². The van der Waals surface area contributed by atoms with Gasteiger partial charge in [0.25, 0.3) is 0 Å². The van der Waals surface area contributed by atoms with Crippen molar-refractivity contribution in [2.75, 3.05) is 13.1 Å². The van der Waals surface area contributed by atoms with E-state index in [1.165, 1.54) is 0 Å². The van der Waals surface area contributed by atoms with Gasteiger partial charge in [-0.1, -0.05) is 19.1 Å². The van der Waals surface area contributed by atoms with E-state index in [1.807, 2.05) is 24.3 Å². The second-order valence-electron chi connectivity index (χ2n) is 4.03. The summed E-state index contributed by atoms with van der Waals surface area (Å²) in [5, 5.41) is 6.88. The Bertz CT molecular complexity index is 491. The van der Waals surface area contributed by atoms with E-state index >= 15 is 0 Å². The van der Waals surface area contributed by atoms with Crippen LogP contribution in [0.1, 0.15) is 18.4 Å². The van der Waals surface area contributed by atoms with E-state index < -0.39 is 0 Å². The van der Waals surface area contributed by atoms with Crippen LogP contribution in [-0.4, -0.2) is 24.0 Å². The first-order valence-corrected chi connectivity index (χ1v) is 6.93. The molecule has 1 heterocycles. The number of fused-ring (bicyclic) bond motifs is 1. The van der Waals surface area contributed by atoms with Crippen molar-refractivity contribution in [2.24, 2.45) is 0 Å². The molecule has 96 valence electrons. The minimum absolute atomic E-state index is 0.0164. The maximum absolute atomic E-state index is 11.5. The summed E-state index contributed by atoms with van der Waals surface area (Å²) < 4.78 is 1.16. The van der Waals surface area contributed by atoms with Crippen molar-refractivity contribution in [2.45, 2.75) is 19.9 Å². The molecule has 0 bridgehead atoms. The fourth-order valence-electron chi connectivity index (χ4n) is 1.61. The topological polar surface area (TPSA) is 54.0 Å². The lowest BCUT2D eigenvalue weighted by Crippen LogP contribution is -2.33. The van der Waals surface area contributed by atoms with Crippen LogP contribution in [0.5, 0.6) is 0 Å². The van der Waals surface area contributed by atoms with Gasteiger partial charge in [-0.2, -0.15) is 0 Å². The first-order valence-electron chi connectivity index (χ1n) is 6.11. The zero-order valence-electron chi connectivity index (χ0n) is 10.4. The van der Waals surface area contributed by atoms with Gasteiger partial charge in [0.2, 0.25) is 5.91 Å². The van der Waals surface area contributed by atoms with Crippen LogP contribution in [-0.2, 0) is 11.3 Å². The van der Waals surface area contributed by atoms with Gasteiger partial charge in [0.1, 0.15) is 5.01 Å². The Kier molecular flexibility index (Phi) is 4.66. The number of nitrogens with one attached hydrogen (secondary N) is 2. The van der Waals surface area contributed by atoms with E-state index in [9.17, 15) is 4.79 Å². The van der Waals surface area contributed by atoms with Crippen LogP contribution < -0.4 is 10.6 Å². The molecular formula is C13H17N3OS. The molecule has 18 heavy (non-hydrogen) atoms. The molecule has 0 fully saturated rings. The van der Waals surface area contributed by atoms with Gasteiger partial charge in [-0.25, -0.2) is 4.98 Å². The molecule has 1 amide bonds. The highest BCUT2D eigenvalue weighted by atomic mass is 32.1. The SMILES string of the molecule is CCCNCC(=O)NCc1nc2ccccc2s1. The summed E-state index contributed by atoms with van der Waals surface area (Å²) in [6, 6.07) is 8.00. The maximum Gasteiger partial charge on any atom is 0.234 e. The van der Waals surface area contributed by atoms with Crippen LogP contribution in [0.25, 0.3) is 10.2 Å². The highest BCUT2D eigenvalue weighted by Gasteiger charge is 2.05. The molecule has 0 aliphatic heterocycles. The van der Waals surface area contributed by atoms with Crippen molar-refractivity contribution >= 4 is 27.5 Å². The zero-order valence-corrected chi connectivity index (χ0v) is 11.2. The van der Waals surface area contributed by atoms with Crippen LogP contribution in [0.3, 0.4) is 0 Å². The number of hydrogen-bond acceptors (Lipinski definition) is 4. The van der Waals surface area contributed by atoms with Gasteiger partial charge in [0.15, 0.2) is 0 Å². The van der Waals surface area contributed by atoms with E-state index in [2.05, 4.69) is 22.5 Å². The van der Waals surface area contributed by atoms with Gasteiger partial charge in [-0.3, -0.25) is 4.79 Å². The highest BCUT2D eigenvalue weighted by molar-refractivity contribution is 7.18. The molecule has 1 aromatic heterocycles. The van der Waals surface area contributed by atoms with Crippen molar-refractivity contribution in [1.82, 2.24) is 15.6 Å². The summed E-state index contributed by atoms with van der Waals surface area (Å²) in [6.07, 6.45) is 1.03. The maximum atomic E-state index is 11.5. The van der Waals surface area contributed by atoms with E-state index in [1.54, 1.807) is 11.3 Å². The Morgan fingerprint density at radius 3 is 3.00 bits per heavy atom. The molecule has 0 aliphatic rings. The Labute approximate surface area is 110 Å². The molecular weight excluding hydrogens is 246 g/mol. The van der Waals surface area contributed by atoms with Crippen LogP contribution in [0.15, 0.2) is 24.3 Å². The lowest BCUT2D eigenvalue weighted by molar-refractivity contribution is -0.120. The van der Waals surface area contributed by atoms with Gasteiger partial charge < -0.3 is 10.6 Å². The molecule has 0 aliphatic carbocycles. The smallest absolute Gasteiger partial charge is 0.234 e. The molecule has 1 aromatic carbocycles. The van der Waals surface area contributed by atoms with Gasteiger partial charge >= 0.3 is 0 Å². The number of benzene rings is 1. The largest absolute Gasteiger partial charge is 0.348 e. The fraction of sp³-hybridized carbons (Fsp3) is 0.385. The summed E-state index contributed by atoms with van der Waals surface area (Å²) >= 11 is 1.62. The monoisotopic (exact) mass is 263 g/mol. The Balaban J connectivity index is 1.84. The van der Waals surface area contributed by atoms with E-state index in [0.717, 1.165) is 28.2 Å². The second-order valence-corrected chi connectivity index (χ2v) is 5.14. The van der Waals surface area contributed by atoms with E-state index in [0.29, 0.717) is 13.1 Å². The fourth-order valence-corrected chi connectivity index (χ4v) is 2.52. The Morgan fingerprint density at radius 1 is 1.39 bits per heavy atom. The summed E-state index contributed by atoms with van der Waals surface area (Å²) in [5.41, 5.74) is 0.996. The quantitative estimate of drug-likeness (QED) is 0.783. The van der Waals surface area contributed by atoms with Gasteiger partial charge in [-0.15, -0.1) is 11.3 Å². The summed E-state index contributed by atoms with van der Waals surface area (Å²) in [4.78, 5) is 16.0. The summed E-state index contributed by atoms with van der Waals surface area (Å²) in [6.45, 7) is 3.82. The third kappa shape index (κ3) is 3.51. The number of amides is 1. The molecule has 0 radical (unpaired) electrons. The predicted octanol–water partition coefficient (Wildman–Crippen LogP) is 1.91. The average molecular weight is 263 g/mol. The standard InChI is InChI=1S/C13H17N3OS/c1-2-7-14-8-12(17)15-9-13-16-10-5-3-4-6-11(10)18-13/h3-6,14H,2,7-9H2,1H3,(H,15,17). The zero-order chi connectivity index (χ0) is 12.8. The van der Waals surface area contributed by atoms with E-state index in [-0.39, 0.29) is 5.91 Å².